The summed E-state index contributed by atoms with van der Waals surface area (Å²) in [5, 5.41) is 0. The summed E-state index contributed by atoms with van der Waals surface area (Å²) in [6.07, 6.45) is 1.51. The van der Waals surface area contributed by atoms with E-state index >= 15 is 0 Å². The van der Waals surface area contributed by atoms with E-state index in [1.54, 1.807) is 17.0 Å². The SMILES string of the molecule is CCN(Cc1ccc(OCc2ccccc2)cc1)C(=O)c1ccco1. The number of hydrogen-bond donors (Lipinski definition) is 0. The number of furan rings is 1. The Kier molecular flexibility index (Phi) is 5.52. The Morgan fingerprint density at radius 2 is 1.72 bits per heavy atom. The lowest BCUT2D eigenvalue weighted by molar-refractivity contribution is 0.0720. The van der Waals surface area contributed by atoms with Gasteiger partial charge in [0.2, 0.25) is 0 Å². The van der Waals surface area contributed by atoms with Crippen molar-refractivity contribution >= 4 is 5.91 Å². The Morgan fingerprint density at radius 1 is 0.960 bits per heavy atom. The third-order valence-electron chi connectivity index (χ3n) is 3.95. The van der Waals surface area contributed by atoms with Crippen molar-refractivity contribution in [2.45, 2.75) is 20.1 Å². The van der Waals surface area contributed by atoms with Crippen LogP contribution in [0.4, 0.5) is 0 Å². The molecule has 1 aromatic heterocycles. The predicted octanol–water partition coefficient (Wildman–Crippen LogP) is 4.52. The molecule has 128 valence electrons. The van der Waals surface area contributed by atoms with Gasteiger partial charge in [0.05, 0.1) is 6.26 Å². The summed E-state index contributed by atoms with van der Waals surface area (Å²) in [6, 6.07) is 21.3. The second kappa shape index (κ2) is 8.20. The highest BCUT2D eigenvalue weighted by Crippen LogP contribution is 2.16. The van der Waals surface area contributed by atoms with Crippen LogP contribution >= 0.6 is 0 Å². The van der Waals surface area contributed by atoms with Crippen LogP contribution in [0.3, 0.4) is 0 Å². The van der Waals surface area contributed by atoms with Crippen molar-refractivity contribution in [2.75, 3.05) is 6.54 Å². The van der Waals surface area contributed by atoms with Gasteiger partial charge in [-0.15, -0.1) is 0 Å². The Morgan fingerprint density at radius 3 is 2.36 bits per heavy atom. The molecule has 1 amide bonds. The number of ether oxygens (including phenoxy) is 1. The molecule has 0 N–H and O–H groups in total. The predicted molar refractivity (Wildman–Crippen MR) is 96.3 cm³/mol. The van der Waals surface area contributed by atoms with Crippen molar-refractivity contribution in [3.05, 3.63) is 89.9 Å². The lowest BCUT2D eigenvalue weighted by Gasteiger charge is -2.20. The second-order valence-electron chi connectivity index (χ2n) is 5.71. The zero-order valence-electron chi connectivity index (χ0n) is 14.2. The summed E-state index contributed by atoms with van der Waals surface area (Å²) in [6.45, 7) is 3.65. The van der Waals surface area contributed by atoms with Gasteiger partial charge >= 0.3 is 0 Å². The van der Waals surface area contributed by atoms with Gasteiger partial charge in [-0.1, -0.05) is 42.5 Å². The van der Waals surface area contributed by atoms with Crippen molar-refractivity contribution in [2.24, 2.45) is 0 Å². The molecule has 0 fully saturated rings. The van der Waals surface area contributed by atoms with Crippen molar-refractivity contribution in [1.29, 1.82) is 0 Å². The van der Waals surface area contributed by atoms with Gasteiger partial charge in [0.15, 0.2) is 5.76 Å². The summed E-state index contributed by atoms with van der Waals surface area (Å²) in [4.78, 5) is 14.1. The van der Waals surface area contributed by atoms with Crippen molar-refractivity contribution in [3.8, 4) is 5.75 Å². The first-order valence-corrected chi connectivity index (χ1v) is 8.34. The Labute approximate surface area is 147 Å². The summed E-state index contributed by atoms with van der Waals surface area (Å²) in [5.74, 6) is 1.08. The molecule has 0 radical (unpaired) electrons. The molecule has 4 nitrogen and oxygen atoms in total. The normalized spacial score (nSPS) is 10.4. The molecule has 3 aromatic rings. The van der Waals surface area contributed by atoms with E-state index in [4.69, 9.17) is 9.15 Å². The number of carbonyl (C=O) groups is 1. The minimum absolute atomic E-state index is 0.100. The van der Waals surface area contributed by atoms with Gasteiger partial charge in [0, 0.05) is 13.1 Å². The van der Waals surface area contributed by atoms with Gasteiger partial charge < -0.3 is 14.1 Å². The number of hydrogen-bond acceptors (Lipinski definition) is 3. The molecule has 0 aliphatic carbocycles. The number of carbonyl (C=O) groups excluding carboxylic acids is 1. The first-order valence-electron chi connectivity index (χ1n) is 8.34. The van der Waals surface area contributed by atoms with Crippen LogP contribution in [0.5, 0.6) is 5.75 Å². The highest BCUT2D eigenvalue weighted by Gasteiger charge is 2.16. The second-order valence-corrected chi connectivity index (χ2v) is 5.71. The van der Waals surface area contributed by atoms with E-state index in [0.717, 1.165) is 16.9 Å². The average molecular weight is 335 g/mol. The lowest BCUT2D eigenvalue weighted by atomic mass is 10.2. The molecule has 0 bridgehead atoms. The quantitative estimate of drug-likeness (QED) is 0.637. The van der Waals surface area contributed by atoms with Crippen molar-refractivity contribution in [3.63, 3.8) is 0 Å². The summed E-state index contributed by atoms with van der Waals surface area (Å²) < 4.78 is 11.0. The molecule has 0 unspecified atom stereocenters. The van der Waals surface area contributed by atoms with Gasteiger partial charge in [-0.2, -0.15) is 0 Å². The van der Waals surface area contributed by atoms with E-state index in [1.165, 1.54) is 6.26 Å². The number of amides is 1. The molecule has 25 heavy (non-hydrogen) atoms. The molecular weight excluding hydrogens is 314 g/mol. The summed E-state index contributed by atoms with van der Waals surface area (Å²) in [7, 11) is 0. The summed E-state index contributed by atoms with van der Waals surface area (Å²) >= 11 is 0. The van der Waals surface area contributed by atoms with Crippen LogP contribution < -0.4 is 4.74 Å². The molecule has 4 heteroatoms. The Hall–Kier alpha value is -3.01. The smallest absolute Gasteiger partial charge is 0.289 e. The zero-order valence-corrected chi connectivity index (χ0v) is 14.2. The van der Waals surface area contributed by atoms with Crippen LogP contribution in [0.25, 0.3) is 0 Å². The molecule has 0 spiro atoms. The first-order chi connectivity index (χ1) is 12.3. The number of benzene rings is 2. The fourth-order valence-corrected chi connectivity index (χ4v) is 2.54. The van der Waals surface area contributed by atoms with Crippen LogP contribution in [-0.2, 0) is 13.2 Å². The van der Waals surface area contributed by atoms with E-state index in [1.807, 2.05) is 61.5 Å². The van der Waals surface area contributed by atoms with Crippen LogP contribution in [0.2, 0.25) is 0 Å². The highest BCUT2D eigenvalue weighted by molar-refractivity contribution is 5.91. The molecule has 0 aliphatic rings. The maximum absolute atomic E-state index is 12.4. The third-order valence-corrected chi connectivity index (χ3v) is 3.95. The van der Waals surface area contributed by atoms with Gasteiger partial charge in [0.25, 0.3) is 5.91 Å². The molecule has 0 atom stereocenters. The maximum Gasteiger partial charge on any atom is 0.289 e. The molecule has 0 saturated heterocycles. The molecular formula is C21H21NO3. The largest absolute Gasteiger partial charge is 0.489 e. The standard InChI is InChI=1S/C21H21NO3/c1-2-22(21(23)20-9-6-14-24-20)15-17-10-12-19(13-11-17)25-16-18-7-4-3-5-8-18/h3-14H,2,15-16H2,1H3. The van der Waals surface area contributed by atoms with Crippen LogP contribution in [0, 0.1) is 0 Å². The topological polar surface area (TPSA) is 42.7 Å². The summed E-state index contributed by atoms with van der Waals surface area (Å²) in [5.41, 5.74) is 2.18. The van der Waals surface area contributed by atoms with E-state index in [-0.39, 0.29) is 5.91 Å². The van der Waals surface area contributed by atoms with Crippen molar-refractivity contribution in [1.82, 2.24) is 4.90 Å². The Balaban J connectivity index is 1.58. The lowest BCUT2D eigenvalue weighted by Crippen LogP contribution is -2.29. The van der Waals surface area contributed by atoms with Gasteiger partial charge in [-0.3, -0.25) is 4.79 Å². The maximum atomic E-state index is 12.4. The molecule has 3 rings (SSSR count). The molecule has 2 aromatic carbocycles. The van der Waals surface area contributed by atoms with E-state index in [9.17, 15) is 4.79 Å². The molecule has 0 saturated carbocycles. The van der Waals surface area contributed by atoms with E-state index < -0.39 is 0 Å². The van der Waals surface area contributed by atoms with Crippen LogP contribution in [-0.4, -0.2) is 17.4 Å². The zero-order chi connectivity index (χ0) is 17.5. The third kappa shape index (κ3) is 4.51. The minimum atomic E-state index is -0.100. The monoisotopic (exact) mass is 335 g/mol. The highest BCUT2D eigenvalue weighted by atomic mass is 16.5. The van der Waals surface area contributed by atoms with E-state index in [0.29, 0.717) is 25.5 Å². The van der Waals surface area contributed by atoms with Gasteiger partial charge in [-0.05, 0) is 42.3 Å². The van der Waals surface area contributed by atoms with Crippen LogP contribution in [0.1, 0.15) is 28.6 Å². The average Bonchev–Trinajstić information content (AvgIpc) is 3.20. The molecule has 0 aliphatic heterocycles. The minimum Gasteiger partial charge on any atom is -0.489 e. The fraction of sp³-hybridized carbons (Fsp3) is 0.190. The fourth-order valence-electron chi connectivity index (χ4n) is 2.54. The number of rotatable bonds is 7. The van der Waals surface area contributed by atoms with E-state index in [2.05, 4.69) is 0 Å². The van der Waals surface area contributed by atoms with Crippen LogP contribution in [0.15, 0.2) is 77.4 Å². The number of nitrogens with zero attached hydrogens (tertiary/aromatic N) is 1. The van der Waals surface area contributed by atoms with Crippen molar-refractivity contribution < 1.29 is 13.9 Å². The van der Waals surface area contributed by atoms with Gasteiger partial charge in [0.1, 0.15) is 12.4 Å². The molecule has 1 heterocycles. The first kappa shape index (κ1) is 16.8. The Bertz CT molecular complexity index is 780. The van der Waals surface area contributed by atoms with Gasteiger partial charge in [-0.25, -0.2) is 0 Å².